The van der Waals surface area contributed by atoms with Crippen LogP contribution in [0, 0.1) is 17.8 Å². The predicted octanol–water partition coefficient (Wildman–Crippen LogP) is 2.41. The Bertz CT molecular complexity index is 547. The molecule has 0 amide bonds. The van der Waals surface area contributed by atoms with Crippen LogP contribution in [0.25, 0.3) is 5.57 Å². The molecule has 3 rings (SSSR count). The molecule has 0 spiro atoms. The molecule has 2 aliphatic rings. The molecule has 3 N–H and O–H groups in total. The van der Waals surface area contributed by atoms with Crippen LogP contribution < -0.4 is 5.73 Å². The van der Waals surface area contributed by atoms with Gasteiger partial charge in [0.2, 0.25) is 0 Å². The molecule has 0 radical (unpaired) electrons. The largest absolute Gasteiger partial charge is 0.478 e. The highest BCUT2D eigenvalue weighted by molar-refractivity contribution is 7.13. The topological polar surface area (TPSA) is 76.2 Å². The fraction of sp³-hybridized carbons (Fsp3) is 0.385. The van der Waals surface area contributed by atoms with Gasteiger partial charge < -0.3 is 10.8 Å². The maximum Gasteiger partial charge on any atom is 0.337 e. The number of anilines is 1. The normalized spacial score (nSPS) is 30.0. The van der Waals surface area contributed by atoms with Gasteiger partial charge in [-0.2, -0.15) is 0 Å². The van der Waals surface area contributed by atoms with Gasteiger partial charge in [-0.25, -0.2) is 9.78 Å². The van der Waals surface area contributed by atoms with Gasteiger partial charge >= 0.3 is 5.97 Å². The molecule has 0 aliphatic heterocycles. The van der Waals surface area contributed by atoms with E-state index in [9.17, 15) is 9.90 Å². The molecule has 1 aromatic rings. The first-order valence-corrected chi connectivity index (χ1v) is 6.86. The second-order valence-electron chi connectivity index (χ2n) is 4.90. The van der Waals surface area contributed by atoms with Crippen LogP contribution in [0.2, 0.25) is 0 Å². The summed E-state index contributed by atoms with van der Waals surface area (Å²) in [5.74, 6) is 0.535. The molecular weight excluding hydrogens is 248 g/mol. The smallest absolute Gasteiger partial charge is 0.337 e. The van der Waals surface area contributed by atoms with Gasteiger partial charge in [-0.3, -0.25) is 0 Å². The number of fused-ring (bicyclic) bond motifs is 2. The van der Waals surface area contributed by atoms with Gasteiger partial charge in [0.1, 0.15) is 0 Å². The van der Waals surface area contributed by atoms with Crippen molar-refractivity contribution in [1.29, 1.82) is 0 Å². The molecular formula is C13H14N2O2S. The second-order valence-corrected chi connectivity index (χ2v) is 5.79. The molecule has 2 bridgehead atoms. The molecule has 4 nitrogen and oxygen atoms in total. The number of nitrogens with two attached hydrogens (primary N) is 1. The molecule has 18 heavy (non-hydrogen) atoms. The Labute approximate surface area is 109 Å². The van der Waals surface area contributed by atoms with E-state index in [1.165, 1.54) is 11.3 Å². The molecule has 1 aromatic heterocycles. The van der Waals surface area contributed by atoms with Gasteiger partial charge in [0.25, 0.3) is 0 Å². The molecule has 3 atom stereocenters. The first-order valence-electron chi connectivity index (χ1n) is 5.98. The van der Waals surface area contributed by atoms with E-state index in [1.54, 1.807) is 5.38 Å². The van der Waals surface area contributed by atoms with E-state index in [0.717, 1.165) is 12.8 Å². The fourth-order valence-electron chi connectivity index (χ4n) is 2.91. The molecule has 0 saturated heterocycles. The first kappa shape index (κ1) is 11.5. The van der Waals surface area contributed by atoms with E-state index in [4.69, 9.17) is 5.73 Å². The highest BCUT2D eigenvalue weighted by Crippen LogP contribution is 2.44. The van der Waals surface area contributed by atoms with Crippen molar-refractivity contribution in [3.63, 3.8) is 0 Å². The Hall–Kier alpha value is -1.62. The number of rotatable bonds is 3. The van der Waals surface area contributed by atoms with Crippen molar-refractivity contribution in [2.45, 2.75) is 12.8 Å². The van der Waals surface area contributed by atoms with Crippen molar-refractivity contribution in [2.75, 3.05) is 5.73 Å². The zero-order valence-corrected chi connectivity index (χ0v) is 10.6. The monoisotopic (exact) mass is 262 g/mol. The lowest BCUT2D eigenvalue weighted by Gasteiger charge is -2.14. The zero-order valence-electron chi connectivity index (χ0n) is 9.74. The minimum Gasteiger partial charge on any atom is -0.478 e. The average molecular weight is 262 g/mol. The Balaban J connectivity index is 1.90. The summed E-state index contributed by atoms with van der Waals surface area (Å²) in [7, 11) is 0. The molecule has 0 aromatic carbocycles. The summed E-state index contributed by atoms with van der Waals surface area (Å²) >= 11 is 1.27. The molecule has 3 unspecified atom stereocenters. The molecule has 5 heteroatoms. The Morgan fingerprint density at radius 1 is 1.50 bits per heavy atom. The number of carboxylic acids is 1. The van der Waals surface area contributed by atoms with Gasteiger partial charge in [0, 0.05) is 5.38 Å². The number of aliphatic carboxylic acids is 1. The second kappa shape index (κ2) is 4.24. The van der Waals surface area contributed by atoms with E-state index in [0.29, 0.717) is 28.6 Å². The molecule has 1 fully saturated rings. The van der Waals surface area contributed by atoms with Crippen LogP contribution in [0.1, 0.15) is 18.5 Å². The van der Waals surface area contributed by atoms with E-state index in [2.05, 4.69) is 17.1 Å². The highest BCUT2D eigenvalue weighted by atomic mass is 32.1. The predicted molar refractivity (Wildman–Crippen MR) is 71.0 cm³/mol. The van der Waals surface area contributed by atoms with Crippen LogP contribution in [0.3, 0.4) is 0 Å². The summed E-state index contributed by atoms with van der Waals surface area (Å²) in [6.07, 6.45) is 8.54. The number of aromatic nitrogens is 1. The number of carboxylic acid groups (broad SMARTS) is 1. The highest BCUT2D eigenvalue weighted by Gasteiger charge is 2.35. The van der Waals surface area contributed by atoms with Crippen molar-refractivity contribution in [2.24, 2.45) is 17.8 Å². The molecule has 94 valence electrons. The number of nitrogens with zero attached hydrogens (tertiary/aromatic N) is 1. The third-order valence-corrected chi connectivity index (χ3v) is 4.41. The molecule has 1 heterocycles. The van der Waals surface area contributed by atoms with Crippen LogP contribution in [-0.2, 0) is 4.79 Å². The van der Waals surface area contributed by atoms with Gasteiger partial charge in [-0.15, -0.1) is 11.3 Å². The Kier molecular flexibility index (Phi) is 2.70. The Morgan fingerprint density at radius 3 is 2.83 bits per heavy atom. The van der Waals surface area contributed by atoms with E-state index >= 15 is 0 Å². The standard InChI is InChI=1S/C13H14N2O2S/c14-13-15-11(6-18-13)10(12(16)17)5-9-4-7-1-2-8(9)3-7/h1-2,5-9H,3-4H2,(H2,14,15)(H,16,17)/b10-5-. The summed E-state index contributed by atoms with van der Waals surface area (Å²) in [5, 5.41) is 11.4. The van der Waals surface area contributed by atoms with Crippen LogP contribution in [0.4, 0.5) is 5.13 Å². The van der Waals surface area contributed by atoms with E-state index < -0.39 is 5.97 Å². The number of thiazole rings is 1. The van der Waals surface area contributed by atoms with E-state index in [1.807, 2.05) is 6.08 Å². The van der Waals surface area contributed by atoms with Crippen LogP contribution in [-0.4, -0.2) is 16.1 Å². The lowest BCUT2D eigenvalue weighted by Crippen LogP contribution is -2.08. The lowest BCUT2D eigenvalue weighted by atomic mass is 9.91. The van der Waals surface area contributed by atoms with Crippen LogP contribution in [0.15, 0.2) is 23.6 Å². The summed E-state index contributed by atoms with van der Waals surface area (Å²) in [5.41, 5.74) is 6.33. The number of hydrogen-bond acceptors (Lipinski definition) is 4. The summed E-state index contributed by atoms with van der Waals surface area (Å²) < 4.78 is 0. The summed E-state index contributed by atoms with van der Waals surface area (Å²) in [6, 6.07) is 0. The molecule has 2 aliphatic carbocycles. The minimum atomic E-state index is -0.924. The van der Waals surface area contributed by atoms with E-state index in [-0.39, 0.29) is 5.57 Å². The maximum atomic E-state index is 11.3. The van der Waals surface area contributed by atoms with Crippen LogP contribution >= 0.6 is 11.3 Å². The molecule has 1 saturated carbocycles. The third kappa shape index (κ3) is 1.95. The quantitative estimate of drug-likeness (QED) is 0.648. The van der Waals surface area contributed by atoms with Crippen molar-refractivity contribution in [1.82, 2.24) is 4.98 Å². The van der Waals surface area contributed by atoms with Crippen LogP contribution in [0.5, 0.6) is 0 Å². The van der Waals surface area contributed by atoms with Gasteiger partial charge in [0.15, 0.2) is 5.13 Å². The third-order valence-electron chi connectivity index (χ3n) is 3.74. The Morgan fingerprint density at radius 2 is 2.33 bits per heavy atom. The van der Waals surface area contributed by atoms with Crippen molar-refractivity contribution in [3.8, 4) is 0 Å². The number of carbonyl (C=O) groups is 1. The van der Waals surface area contributed by atoms with Crippen molar-refractivity contribution >= 4 is 28.0 Å². The fourth-order valence-corrected chi connectivity index (χ4v) is 3.47. The first-order chi connectivity index (χ1) is 8.63. The van der Waals surface area contributed by atoms with Gasteiger partial charge in [-0.05, 0) is 30.6 Å². The number of allylic oxidation sites excluding steroid dienone is 3. The maximum absolute atomic E-state index is 11.3. The minimum absolute atomic E-state index is 0.286. The zero-order chi connectivity index (χ0) is 12.7. The van der Waals surface area contributed by atoms with Gasteiger partial charge in [-0.1, -0.05) is 18.2 Å². The summed E-state index contributed by atoms with van der Waals surface area (Å²) in [6.45, 7) is 0. The van der Waals surface area contributed by atoms with Gasteiger partial charge in [0.05, 0.1) is 11.3 Å². The average Bonchev–Trinajstić information content (AvgIpc) is 3.01. The number of nitrogen functional groups attached to an aromatic ring is 1. The SMILES string of the molecule is Nc1nc(/C(=C/C2CC3C=CC2C3)C(=O)O)cs1. The lowest BCUT2D eigenvalue weighted by molar-refractivity contribution is -0.130. The van der Waals surface area contributed by atoms with Crippen molar-refractivity contribution in [3.05, 3.63) is 29.3 Å². The number of hydrogen-bond donors (Lipinski definition) is 2. The van der Waals surface area contributed by atoms with Crippen molar-refractivity contribution < 1.29 is 9.90 Å². The summed E-state index contributed by atoms with van der Waals surface area (Å²) in [4.78, 5) is 15.4.